The van der Waals surface area contributed by atoms with Gasteiger partial charge in [-0.15, -0.1) is 11.3 Å². The summed E-state index contributed by atoms with van der Waals surface area (Å²) in [5, 5.41) is 12.0. The normalized spacial score (nSPS) is 10.5. The highest BCUT2D eigenvalue weighted by Crippen LogP contribution is 2.25. The van der Waals surface area contributed by atoms with E-state index in [2.05, 4.69) is 20.9 Å². The molecule has 0 bridgehead atoms. The van der Waals surface area contributed by atoms with Crippen molar-refractivity contribution >= 4 is 27.3 Å². The van der Waals surface area contributed by atoms with Gasteiger partial charge in [0.2, 0.25) is 0 Å². The Morgan fingerprint density at radius 2 is 2.00 bits per heavy atom. The van der Waals surface area contributed by atoms with Gasteiger partial charge < -0.3 is 5.11 Å². The van der Waals surface area contributed by atoms with E-state index in [4.69, 9.17) is 0 Å². The predicted molar refractivity (Wildman–Crippen MR) is 56.4 cm³/mol. The first kappa shape index (κ1) is 12.1. The van der Waals surface area contributed by atoms with E-state index in [0.717, 1.165) is 9.61 Å². The largest absolute Gasteiger partial charge is 0.383 e. The van der Waals surface area contributed by atoms with E-state index in [1.807, 2.05) is 19.2 Å². The van der Waals surface area contributed by atoms with Gasteiger partial charge in [-0.1, -0.05) is 13.8 Å². The van der Waals surface area contributed by atoms with E-state index in [-0.39, 0.29) is 0 Å². The van der Waals surface area contributed by atoms with Crippen molar-refractivity contribution in [3.63, 3.8) is 0 Å². The number of hydrogen-bond donors (Lipinski definition) is 1. The molecule has 4 heteroatoms. The molecule has 0 saturated carbocycles. The monoisotopic (exact) mass is 251 g/mol. The van der Waals surface area contributed by atoms with Gasteiger partial charge in [0, 0.05) is 5.38 Å². The summed E-state index contributed by atoms with van der Waals surface area (Å²) in [5.74, 6) is 0. The minimum Gasteiger partial charge on any atom is -0.383 e. The van der Waals surface area contributed by atoms with Gasteiger partial charge in [-0.05, 0) is 29.8 Å². The fourth-order valence-corrected chi connectivity index (χ4v) is 1.81. The van der Waals surface area contributed by atoms with Crippen LogP contribution in [0, 0.1) is 0 Å². The molecule has 0 fully saturated rings. The maximum Gasteiger partial charge on any atom is 0.125 e. The van der Waals surface area contributed by atoms with Gasteiger partial charge in [-0.25, -0.2) is 4.98 Å². The Morgan fingerprint density at radius 1 is 1.50 bits per heavy atom. The zero-order valence-electron chi connectivity index (χ0n) is 7.76. The van der Waals surface area contributed by atoms with Crippen molar-refractivity contribution in [1.82, 2.24) is 4.98 Å². The number of hydrogen-bond acceptors (Lipinski definition) is 3. The molecule has 0 saturated heterocycles. The Morgan fingerprint density at radius 3 is 2.17 bits per heavy atom. The zero-order chi connectivity index (χ0) is 9.78. The van der Waals surface area contributed by atoms with Crippen LogP contribution in [-0.2, 0) is 5.60 Å². The van der Waals surface area contributed by atoms with Crippen molar-refractivity contribution in [2.45, 2.75) is 33.3 Å². The van der Waals surface area contributed by atoms with Crippen molar-refractivity contribution in [3.05, 3.63) is 15.0 Å². The molecular formula is C8H14BrNOS. The van der Waals surface area contributed by atoms with Crippen LogP contribution in [0.5, 0.6) is 0 Å². The first-order chi connectivity index (χ1) is 5.50. The van der Waals surface area contributed by atoms with Crippen LogP contribution in [0.25, 0.3) is 0 Å². The number of halogens is 1. The lowest BCUT2D eigenvalue weighted by molar-refractivity contribution is 0.0781. The highest BCUT2D eigenvalue weighted by Gasteiger charge is 2.19. The van der Waals surface area contributed by atoms with Gasteiger partial charge in [0.25, 0.3) is 0 Å². The third-order valence-electron chi connectivity index (χ3n) is 1.000. The maximum absolute atomic E-state index is 9.43. The molecule has 12 heavy (non-hydrogen) atoms. The van der Waals surface area contributed by atoms with Crippen molar-refractivity contribution in [2.24, 2.45) is 0 Å². The molecule has 1 heterocycles. The van der Waals surface area contributed by atoms with Crippen molar-refractivity contribution < 1.29 is 5.11 Å². The van der Waals surface area contributed by atoms with E-state index in [1.165, 1.54) is 11.3 Å². The van der Waals surface area contributed by atoms with Gasteiger partial charge in [0.15, 0.2) is 0 Å². The molecule has 0 spiro atoms. The summed E-state index contributed by atoms with van der Waals surface area (Å²) >= 11 is 4.66. The molecule has 0 radical (unpaired) electrons. The SMILES string of the molecule is CC.CC(C)(O)c1nc(Br)cs1. The van der Waals surface area contributed by atoms with Crippen LogP contribution >= 0.6 is 27.3 Å². The Bertz CT molecular complexity index is 229. The van der Waals surface area contributed by atoms with E-state index in [9.17, 15) is 5.11 Å². The Hall–Kier alpha value is 0.0700. The third kappa shape index (κ3) is 3.65. The van der Waals surface area contributed by atoms with Gasteiger partial charge in [0.1, 0.15) is 15.2 Å². The first-order valence-electron chi connectivity index (χ1n) is 3.84. The Kier molecular flexibility index (Phi) is 4.97. The van der Waals surface area contributed by atoms with E-state index in [1.54, 1.807) is 13.8 Å². The molecule has 0 atom stereocenters. The lowest BCUT2D eigenvalue weighted by Crippen LogP contribution is -2.14. The van der Waals surface area contributed by atoms with Crippen LogP contribution in [0.4, 0.5) is 0 Å². The topological polar surface area (TPSA) is 33.1 Å². The minimum absolute atomic E-state index is 0.736. The van der Waals surface area contributed by atoms with E-state index >= 15 is 0 Å². The minimum atomic E-state index is -0.809. The standard InChI is InChI=1S/C6H8BrNOS.C2H6/c1-6(2,9)5-8-4(7)3-10-5;1-2/h3,9H,1-2H3;1-2H3. The van der Waals surface area contributed by atoms with Crippen LogP contribution in [-0.4, -0.2) is 10.1 Å². The van der Waals surface area contributed by atoms with Crippen LogP contribution in [0.3, 0.4) is 0 Å². The molecule has 0 aliphatic rings. The highest BCUT2D eigenvalue weighted by atomic mass is 79.9. The van der Waals surface area contributed by atoms with Crippen LogP contribution in [0.1, 0.15) is 32.7 Å². The molecule has 2 nitrogen and oxygen atoms in total. The molecule has 1 N–H and O–H groups in total. The lowest BCUT2D eigenvalue weighted by Gasteiger charge is -2.11. The summed E-state index contributed by atoms with van der Waals surface area (Å²) in [6, 6.07) is 0. The van der Waals surface area contributed by atoms with Crippen LogP contribution < -0.4 is 0 Å². The first-order valence-corrected chi connectivity index (χ1v) is 5.51. The molecule has 0 aliphatic carbocycles. The average Bonchev–Trinajstić information content (AvgIpc) is 2.39. The Labute approximate surface area is 85.8 Å². The number of thiazole rings is 1. The second kappa shape index (κ2) is 4.94. The second-order valence-corrected chi connectivity index (χ2v) is 4.20. The summed E-state index contributed by atoms with van der Waals surface area (Å²) in [6.07, 6.45) is 0. The molecular weight excluding hydrogens is 238 g/mol. The number of aliphatic hydroxyl groups is 1. The molecule has 0 unspecified atom stereocenters. The van der Waals surface area contributed by atoms with Gasteiger partial charge in [-0.2, -0.15) is 0 Å². The number of aromatic nitrogens is 1. The van der Waals surface area contributed by atoms with Gasteiger partial charge in [0.05, 0.1) is 0 Å². The number of nitrogens with zero attached hydrogens (tertiary/aromatic N) is 1. The predicted octanol–water partition coefficient (Wildman–Crippen LogP) is 3.16. The summed E-state index contributed by atoms with van der Waals surface area (Å²) < 4.78 is 0.787. The van der Waals surface area contributed by atoms with E-state index < -0.39 is 5.60 Å². The third-order valence-corrected chi connectivity index (χ3v) is 2.86. The Balaban J connectivity index is 0.000000561. The van der Waals surface area contributed by atoms with Gasteiger partial charge in [-0.3, -0.25) is 0 Å². The highest BCUT2D eigenvalue weighted by molar-refractivity contribution is 9.10. The molecule has 0 aromatic carbocycles. The fourth-order valence-electron chi connectivity index (χ4n) is 0.535. The summed E-state index contributed by atoms with van der Waals surface area (Å²) in [6.45, 7) is 7.44. The molecule has 70 valence electrons. The molecule has 1 rings (SSSR count). The van der Waals surface area contributed by atoms with Crippen molar-refractivity contribution in [2.75, 3.05) is 0 Å². The summed E-state index contributed by atoms with van der Waals surface area (Å²) in [5.41, 5.74) is -0.809. The zero-order valence-corrected chi connectivity index (χ0v) is 10.2. The van der Waals surface area contributed by atoms with Crippen LogP contribution in [0.15, 0.2) is 9.98 Å². The molecule has 0 aliphatic heterocycles. The molecule has 1 aromatic heterocycles. The van der Waals surface area contributed by atoms with Crippen molar-refractivity contribution in [1.29, 1.82) is 0 Å². The fraction of sp³-hybridized carbons (Fsp3) is 0.625. The summed E-state index contributed by atoms with van der Waals surface area (Å²) in [7, 11) is 0. The number of rotatable bonds is 1. The second-order valence-electron chi connectivity index (χ2n) is 2.53. The lowest BCUT2D eigenvalue weighted by atomic mass is 10.2. The smallest absolute Gasteiger partial charge is 0.125 e. The average molecular weight is 252 g/mol. The van der Waals surface area contributed by atoms with E-state index in [0.29, 0.717) is 0 Å². The quantitative estimate of drug-likeness (QED) is 0.832. The maximum atomic E-state index is 9.43. The molecule has 1 aromatic rings. The van der Waals surface area contributed by atoms with Gasteiger partial charge >= 0.3 is 0 Å². The molecule has 0 amide bonds. The van der Waals surface area contributed by atoms with Crippen LogP contribution in [0.2, 0.25) is 0 Å². The summed E-state index contributed by atoms with van der Waals surface area (Å²) in [4.78, 5) is 4.07. The van der Waals surface area contributed by atoms with Crippen molar-refractivity contribution in [3.8, 4) is 0 Å².